The van der Waals surface area contributed by atoms with Crippen LogP contribution in [0.3, 0.4) is 0 Å². The van der Waals surface area contributed by atoms with E-state index < -0.39 is 0 Å². The lowest BCUT2D eigenvalue weighted by atomic mass is 10.0. The van der Waals surface area contributed by atoms with Crippen LogP contribution in [0.25, 0.3) is 0 Å². The van der Waals surface area contributed by atoms with E-state index >= 15 is 0 Å². The van der Waals surface area contributed by atoms with Gasteiger partial charge in [0.05, 0.1) is 29.1 Å². The number of hydrogen-bond acceptors (Lipinski definition) is 4. The largest absolute Gasteiger partial charge is 0.374 e. The molecule has 2 unspecified atom stereocenters. The van der Waals surface area contributed by atoms with Gasteiger partial charge >= 0.3 is 0 Å². The number of aromatic nitrogens is 2. The third-order valence-corrected chi connectivity index (χ3v) is 4.15. The van der Waals surface area contributed by atoms with E-state index in [0.29, 0.717) is 6.42 Å². The molecule has 2 N–H and O–H groups in total. The Kier molecular flexibility index (Phi) is 4.84. The number of rotatable bonds is 4. The molecular weight excluding hydrogens is 264 g/mol. The highest BCUT2D eigenvalue weighted by molar-refractivity contribution is 6.31. The number of ether oxygens (including phenoxy) is 1. The minimum atomic E-state index is -0.0540. The first kappa shape index (κ1) is 14.8. The van der Waals surface area contributed by atoms with Gasteiger partial charge in [-0.05, 0) is 20.9 Å². The molecule has 0 radical (unpaired) electrons. The summed E-state index contributed by atoms with van der Waals surface area (Å²) in [5.41, 5.74) is 8.18. The van der Waals surface area contributed by atoms with Crippen LogP contribution in [-0.2, 0) is 17.7 Å². The summed E-state index contributed by atoms with van der Waals surface area (Å²) >= 11 is 6.31. The van der Waals surface area contributed by atoms with Gasteiger partial charge in [0.25, 0.3) is 0 Å². The fourth-order valence-corrected chi connectivity index (χ4v) is 2.70. The number of morpholine rings is 1. The van der Waals surface area contributed by atoms with Crippen molar-refractivity contribution >= 4 is 11.6 Å². The van der Waals surface area contributed by atoms with E-state index in [1.54, 1.807) is 0 Å². The van der Waals surface area contributed by atoms with Gasteiger partial charge in [0.2, 0.25) is 0 Å². The van der Waals surface area contributed by atoms with Crippen molar-refractivity contribution in [3.05, 3.63) is 16.4 Å². The molecule has 2 heterocycles. The standard InChI is InChI=1S/C13H23ClN4O/c1-4-18-11(13(14)9(2)16-18)7-10(15)12-8-17(3)5-6-19-12/h10,12H,4-8,15H2,1-3H3. The molecule has 1 aromatic heterocycles. The fourth-order valence-electron chi connectivity index (χ4n) is 2.49. The molecule has 19 heavy (non-hydrogen) atoms. The summed E-state index contributed by atoms with van der Waals surface area (Å²) in [5.74, 6) is 0. The van der Waals surface area contributed by atoms with Crippen molar-refractivity contribution in [2.75, 3.05) is 26.7 Å². The molecular formula is C13H23ClN4O. The minimum absolute atomic E-state index is 0.0540. The van der Waals surface area contributed by atoms with Crippen LogP contribution >= 0.6 is 11.6 Å². The lowest BCUT2D eigenvalue weighted by Gasteiger charge is -2.33. The van der Waals surface area contributed by atoms with E-state index in [9.17, 15) is 0 Å². The van der Waals surface area contributed by atoms with Gasteiger partial charge in [-0.25, -0.2) is 0 Å². The first-order chi connectivity index (χ1) is 9.02. The van der Waals surface area contributed by atoms with Crippen LogP contribution in [0.4, 0.5) is 0 Å². The molecule has 108 valence electrons. The number of halogens is 1. The van der Waals surface area contributed by atoms with E-state index in [1.807, 2.05) is 11.6 Å². The Bertz CT molecular complexity index is 435. The van der Waals surface area contributed by atoms with Gasteiger partial charge in [0.15, 0.2) is 0 Å². The van der Waals surface area contributed by atoms with Gasteiger partial charge in [-0.3, -0.25) is 4.68 Å². The molecule has 2 atom stereocenters. The highest BCUT2D eigenvalue weighted by Gasteiger charge is 2.26. The van der Waals surface area contributed by atoms with E-state index in [1.165, 1.54) is 0 Å². The lowest BCUT2D eigenvalue weighted by Crippen LogP contribution is -2.50. The summed E-state index contributed by atoms with van der Waals surface area (Å²) < 4.78 is 7.70. The maximum atomic E-state index is 6.31. The third kappa shape index (κ3) is 3.28. The molecule has 2 rings (SSSR count). The summed E-state index contributed by atoms with van der Waals surface area (Å²) in [6.45, 7) is 7.38. The molecule has 1 saturated heterocycles. The quantitative estimate of drug-likeness (QED) is 0.899. The van der Waals surface area contributed by atoms with Crippen molar-refractivity contribution in [2.24, 2.45) is 5.73 Å². The lowest BCUT2D eigenvalue weighted by molar-refractivity contribution is -0.0321. The van der Waals surface area contributed by atoms with Crippen LogP contribution in [0.1, 0.15) is 18.3 Å². The summed E-state index contributed by atoms with van der Waals surface area (Å²) in [5, 5.41) is 5.16. The Morgan fingerprint density at radius 2 is 2.32 bits per heavy atom. The maximum absolute atomic E-state index is 6.31. The van der Waals surface area contributed by atoms with Gasteiger partial charge < -0.3 is 15.4 Å². The smallest absolute Gasteiger partial charge is 0.0856 e. The zero-order chi connectivity index (χ0) is 14.0. The molecule has 1 fully saturated rings. The number of hydrogen-bond donors (Lipinski definition) is 1. The monoisotopic (exact) mass is 286 g/mol. The van der Waals surface area contributed by atoms with Gasteiger partial charge in [-0.1, -0.05) is 11.6 Å². The number of nitrogens with two attached hydrogens (primary N) is 1. The SMILES string of the molecule is CCn1nc(C)c(Cl)c1CC(N)C1CN(C)CCO1. The average molecular weight is 287 g/mol. The van der Waals surface area contributed by atoms with Crippen molar-refractivity contribution in [3.63, 3.8) is 0 Å². The Morgan fingerprint density at radius 1 is 1.58 bits per heavy atom. The molecule has 0 aromatic carbocycles. The van der Waals surface area contributed by atoms with Gasteiger partial charge in [-0.2, -0.15) is 5.10 Å². The van der Waals surface area contributed by atoms with Crippen molar-refractivity contribution in [3.8, 4) is 0 Å². The van der Waals surface area contributed by atoms with E-state index in [2.05, 4.69) is 24.0 Å². The number of aryl methyl sites for hydroxylation is 2. The van der Waals surface area contributed by atoms with E-state index in [4.69, 9.17) is 22.1 Å². The van der Waals surface area contributed by atoms with Crippen LogP contribution in [0, 0.1) is 6.92 Å². The number of nitrogens with zero attached hydrogens (tertiary/aromatic N) is 3. The van der Waals surface area contributed by atoms with Crippen LogP contribution < -0.4 is 5.73 Å². The van der Waals surface area contributed by atoms with Gasteiger partial charge in [0, 0.05) is 32.1 Å². The molecule has 0 spiro atoms. The summed E-state index contributed by atoms with van der Waals surface area (Å²) in [4.78, 5) is 2.25. The topological polar surface area (TPSA) is 56.3 Å². The normalized spacial score (nSPS) is 22.7. The molecule has 0 aliphatic carbocycles. The molecule has 6 heteroatoms. The molecule has 1 aromatic rings. The Hall–Kier alpha value is -0.620. The average Bonchev–Trinajstić information content (AvgIpc) is 2.66. The summed E-state index contributed by atoms with van der Waals surface area (Å²) in [6, 6.07) is -0.0540. The van der Waals surface area contributed by atoms with Crippen LogP contribution in [-0.4, -0.2) is 53.6 Å². The zero-order valence-electron chi connectivity index (χ0n) is 11.9. The second kappa shape index (κ2) is 6.22. The highest BCUT2D eigenvalue weighted by Crippen LogP contribution is 2.22. The second-order valence-corrected chi connectivity index (χ2v) is 5.58. The van der Waals surface area contributed by atoms with Crippen LogP contribution in [0.5, 0.6) is 0 Å². The Labute approximate surface area is 119 Å². The molecule has 1 aliphatic rings. The van der Waals surface area contributed by atoms with E-state index in [0.717, 1.165) is 42.7 Å². The summed E-state index contributed by atoms with van der Waals surface area (Å²) in [6.07, 6.45) is 0.766. The fraction of sp³-hybridized carbons (Fsp3) is 0.769. The van der Waals surface area contributed by atoms with Crippen LogP contribution in [0.2, 0.25) is 5.02 Å². The molecule has 0 saturated carbocycles. The number of likely N-dealkylation sites (N-methyl/N-ethyl adjacent to an activating group) is 1. The molecule has 1 aliphatic heterocycles. The van der Waals surface area contributed by atoms with Crippen molar-refractivity contribution < 1.29 is 4.74 Å². The van der Waals surface area contributed by atoms with Crippen molar-refractivity contribution in [1.82, 2.24) is 14.7 Å². The minimum Gasteiger partial charge on any atom is -0.374 e. The first-order valence-electron chi connectivity index (χ1n) is 6.80. The predicted octanol–water partition coefficient (Wildman–Crippen LogP) is 1.07. The predicted molar refractivity (Wildman–Crippen MR) is 76.6 cm³/mol. The Balaban J connectivity index is 2.07. The summed E-state index contributed by atoms with van der Waals surface area (Å²) in [7, 11) is 2.09. The molecule has 5 nitrogen and oxygen atoms in total. The first-order valence-corrected chi connectivity index (χ1v) is 7.18. The van der Waals surface area contributed by atoms with Crippen molar-refractivity contribution in [2.45, 2.75) is 39.0 Å². The zero-order valence-corrected chi connectivity index (χ0v) is 12.7. The third-order valence-electron chi connectivity index (χ3n) is 3.66. The van der Waals surface area contributed by atoms with Gasteiger partial charge in [-0.15, -0.1) is 0 Å². The molecule has 0 amide bonds. The second-order valence-electron chi connectivity index (χ2n) is 5.20. The van der Waals surface area contributed by atoms with Crippen LogP contribution in [0.15, 0.2) is 0 Å². The maximum Gasteiger partial charge on any atom is 0.0856 e. The Morgan fingerprint density at radius 3 is 2.95 bits per heavy atom. The highest BCUT2D eigenvalue weighted by atomic mass is 35.5. The van der Waals surface area contributed by atoms with Gasteiger partial charge in [0.1, 0.15) is 0 Å². The molecule has 0 bridgehead atoms. The van der Waals surface area contributed by atoms with Crippen molar-refractivity contribution in [1.29, 1.82) is 0 Å². The van der Waals surface area contributed by atoms with E-state index in [-0.39, 0.29) is 12.1 Å².